The Morgan fingerprint density at radius 2 is 2.27 bits per heavy atom. The van der Waals surface area contributed by atoms with Gasteiger partial charge in [-0.2, -0.15) is 11.8 Å². The van der Waals surface area contributed by atoms with Gasteiger partial charge in [0.1, 0.15) is 0 Å². The molecule has 0 aromatic rings. The Morgan fingerprint density at radius 3 is 2.87 bits per heavy atom. The van der Waals surface area contributed by atoms with Gasteiger partial charge in [-0.05, 0) is 62.5 Å². The summed E-state index contributed by atoms with van der Waals surface area (Å²) in [5.74, 6) is 3.82. The third-order valence-corrected chi connectivity index (χ3v) is 5.48. The molecule has 0 bridgehead atoms. The number of piperidine rings is 1. The summed E-state index contributed by atoms with van der Waals surface area (Å²) in [5, 5.41) is 3.82. The lowest BCUT2D eigenvalue weighted by Gasteiger charge is -2.41. The molecule has 2 aliphatic rings. The second-order valence-electron chi connectivity index (χ2n) is 5.31. The highest BCUT2D eigenvalue weighted by atomic mass is 32.2. The third kappa shape index (κ3) is 3.13. The smallest absolute Gasteiger partial charge is 0.0181 e. The van der Waals surface area contributed by atoms with Gasteiger partial charge in [-0.15, -0.1) is 0 Å². The minimum Gasteiger partial charge on any atom is -0.311 e. The number of hydrogen-bond acceptors (Lipinski definition) is 2. The highest BCUT2D eigenvalue weighted by Crippen LogP contribution is 2.34. The molecule has 1 N–H and O–H groups in total. The molecule has 0 aromatic heterocycles. The van der Waals surface area contributed by atoms with Crippen LogP contribution in [0.15, 0.2) is 0 Å². The molecule has 88 valence electrons. The van der Waals surface area contributed by atoms with Gasteiger partial charge >= 0.3 is 0 Å². The normalized spacial score (nSPS) is 37.8. The largest absolute Gasteiger partial charge is 0.311 e. The van der Waals surface area contributed by atoms with Crippen molar-refractivity contribution in [3.63, 3.8) is 0 Å². The van der Waals surface area contributed by atoms with Crippen LogP contribution in [0.3, 0.4) is 0 Å². The SMILES string of the molecule is CCC1(CC2CCCSC2)CCCCN1. The first-order chi connectivity index (χ1) is 7.35. The lowest BCUT2D eigenvalue weighted by Crippen LogP contribution is -2.49. The standard InChI is InChI=1S/C13H25NS/c1-2-13(7-3-4-8-14-13)10-12-6-5-9-15-11-12/h12,14H,2-11H2,1H3. The van der Waals surface area contributed by atoms with Gasteiger partial charge in [0, 0.05) is 5.54 Å². The Bertz CT molecular complexity index is 181. The van der Waals surface area contributed by atoms with Gasteiger partial charge in [0.15, 0.2) is 0 Å². The maximum absolute atomic E-state index is 3.82. The van der Waals surface area contributed by atoms with Gasteiger partial charge in [0.2, 0.25) is 0 Å². The van der Waals surface area contributed by atoms with Crippen LogP contribution in [0, 0.1) is 5.92 Å². The topological polar surface area (TPSA) is 12.0 Å². The van der Waals surface area contributed by atoms with E-state index in [2.05, 4.69) is 24.0 Å². The first-order valence-electron chi connectivity index (χ1n) is 6.67. The van der Waals surface area contributed by atoms with E-state index in [1.165, 1.54) is 63.0 Å². The zero-order valence-electron chi connectivity index (χ0n) is 10.1. The first-order valence-corrected chi connectivity index (χ1v) is 7.83. The third-order valence-electron chi connectivity index (χ3n) is 4.19. The quantitative estimate of drug-likeness (QED) is 0.792. The highest BCUT2D eigenvalue weighted by Gasteiger charge is 2.32. The molecule has 2 atom stereocenters. The molecule has 0 amide bonds. The molecule has 0 radical (unpaired) electrons. The summed E-state index contributed by atoms with van der Waals surface area (Å²) in [4.78, 5) is 0. The average molecular weight is 227 g/mol. The fourth-order valence-electron chi connectivity index (χ4n) is 3.17. The van der Waals surface area contributed by atoms with Gasteiger partial charge < -0.3 is 5.32 Å². The van der Waals surface area contributed by atoms with Crippen molar-refractivity contribution in [2.45, 2.75) is 57.4 Å². The summed E-state index contributed by atoms with van der Waals surface area (Å²) >= 11 is 2.17. The predicted octanol–water partition coefficient (Wildman–Crippen LogP) is 3.44. The van der Waals surface area contributed by atoms with Crippen LogP contribution in [0.1, 0.15) is 51.9 Å². The van der Waals surface area contributed by atoms with E-state index in [0.717, 1.165) is 5.92 Å². The van der Waals surface area contributed by atoms with Crippen molar-refractivity contribution < 1.29 is 0 Å². The van der Waals surface area contributed by atoms with Crippen molar-refractivity contribution in [3.05, 3.63) is 0 Å². The molecule has 15 heavy (non-hydrogen) atoms. The fraction of sp³-hybridized carbons (Fsp3) is 1.00. The molecule has 0 saturated carbocycles. The second-order valence-corrected chi connectivity index (χ2v) is 6.45. The van der Waals surface area contributed by atoms with E-state index in [9.17, 15) is 0 Å². The van der Waals surface area contributed by atoms with Crippen LogP contribution in [0.5, 0.6) is 0 Å². The molecular weight excluding hydrogens is 202 g/mol. The van der Waals surface area contributed by atoms with Gasteiger partial charge in [-0.1, -0.05) is 13.3 Å². The van der Waals surface area contributed by atoms with Crippen LogP contribution in [-0.4, -0.2) is 23.6 Å². The minimum absolute atomic E-state index is 0.515. The van der Waals surface area contributed by atoms with Gasteiger partial charge in [-0.25, -0.2) is 0 Å². The van der Waals surface area contributed by atoms with E-state index in [0.29, 0.717) is 5.54 Å². The average Bonchev–Trinajstić information content (AvgIpc) is 2.32. The fourth-order valence-corrected chi connectivity index (χ4v) is 4.33. The predicted molar refractivity (Wildman–Crippen MR) is 69.5 cm³/mol. The Kier molecular flexibility index (Phi) is 4.39. The zero-order valence-corrected chi connectivity index (χ0v) is 10.9. The van der Waals surface area contributed by atoms with Crippen molar-refractivity contribution in [1.29, 1.82) is 0 Å². The molecule has 0 aliphatic carbocycles. The molecule has 2 fully saturated rings. The summed E-state index contributed by atoms with van der Waals surface area (Å²) < 4.78 is 0. The monoisotopic (exact) mass is 227 g/mol. The number of thioether (sulfide) groups is 1. The molecule has 0 spiro atoms. The number of rotatable bonds is 3. The lowest BCUT2D eigenvalue weighted by molar-refractivity contribution is 0.196. The van der Waals surface area contributed by atoms with Crippen LogP contribution in [0.25, 0.3) is 0 Å². The molecule has 2 rings (SSSR count). The molecule has 0 aromatic carbocycles. The van der Waals surface area contributed by atoms with Crippen molar-refractivity contribution in [1.82, 2.24) is 5.32 Å². The number of hydrogen-bond donors (Lipinski definition) is 1. The van der Waals surface area contributed by atoms with Crippen LogP contribution >= 0.6 is 11.8 Å². The molecule has 2 unspecified atom stereocenters. The van der Waals surface area contributed by atoms with E-state index >= 15 is 0 Å². The Balaban J connectivity index is 1.87. The lowest BCUT2D eigenvalue weighted by atomic mass is 9.78. The molecule has 2 saturated heterocycles. The molecule has 2 heterocycles. The van der Waals surface area contributed by atoms with E-state index in [1.54, 1.807) is 0 Å². The van der Waals surface area contributed by atoms with E-state index in [-0.39, 0.29) is 0 Å². The number of nitrogens with one attached hydrogen (secondary N) is 1. The summed E-state index contributed by atoms with van der Waals surface area (Å²) in [6.07, 6.45) is 9.96. The first kappa shape index (κ1) is 11.8. The Labute approximate surface area is 98.8 Å². The van der Waals surface area contributed by atoms with Crippen LogP contribution < -0.4 is 5.32 Å². The Hall–Kier alpha value is 0.310. The second kappa shape index (κ2) is 5.58. The minimum atomic E-state index is 0.515. The molecule has 2 heteroatoms. The van der Waals surface area contributed by atoms with Crippen molar-refractivity contribution in [2.24, 2.45) is 5.92 Å². The zero-order chi connectivity index (χ0) is 10.6. The van der Waals surface area contributed by atoms with Crippen molar-refractivity contribution >= 4 is 11.8 Å². The van der Waals surface area contributed by atoms with Gasteiger partial charge in [0.05, 0.1) is 0 Å². The molecule has 1 nitrogen and oxygen atoms in total. The summed E-state index contributed by atoms with van der Waals surface area (Å²) in [7, 11) is 0. The maximum Gasteiger partial charge on any atom is 0.0181 e. The maximum atomic E-state index is 3.82. The molecular formula is C13H25NS. The molecule has 2 aliphatic heterocycles. The van der Waals surface area contributed by atoms with E-state index < -0.39 is 0 Å². The van der Waals surface area contributed by atoms with Crippen LogP contribution in [0.2, 0.25) is 0 Å². The summed E-state index contributed by atoms with van der Waals surface area (Å²) in [6.45, 7) is 3.63. The highest BCUT2D eigenvalue weighted by molar-refractivity contribution is 7.99. The summed E-state index contributed by atoms with van der Waals surface area (Å²) in [6, 6.07) is 0. The van der Waals surface area contributed by atoms with Crippen LogP contribution in [0.4, 0.5) is 0 Å². The van der Waals surface area contributed by atoms with Gasteiger partial charge in [0.25, 0.3) is 0 Å². The van der Waals surface area contributed by atoms with Crippen molar-refractivity contribution in [3.8, 4) is 0 Å². The summed E-state index contributed by atoms with van der Waals surface area (Å²) in [5.41, 5.74) is 0.515. The van der Waals surface area contributed by atoms with E-state index in [1.807, 2.05) is 0 Å². The van der Waals surface area contributed by atoms with E-state index in [4.69, 9.17) is 0 Å². The van der Waals surface area contributed by atoms with Crippen molar-refractivity contribution in [2.75, 3.05) is 18.1 Å². The Morgan fingerprint density at radius 1 is 1.33 bits per heavy atom. The van der Waals surface area contributed by atoms with Crippen LogP contribution in [-0.2, 0) is 0 Å². The van der Waals surface area contributed by atoms with Gasteiger partial charge in [-0.3, -0.25) is 0 Å².